The van der Waals surface area contributed by atoms with Crippen LogP contribution in [-0.4, -0.2) is 78.9 Å². The molecule has 2 saturated heterocycles. The lowest BCUT2D eigenvalue weighted by Gasteiger charge is -2.36. The molecular formula is C27H33FN6O2. The molecule has 2 aliphatic rings. The molecule has 36 heavy (non-hydrogen) atoms. The summed E-state index contributed by atoms with van der Waals surface area (Å²) in [4.78, 5) is 18.9. The monoisotopic (exact) mass is 492 g/mol. The van der Waals surface area contributed by atoms with Gasteiger partial charge >= 0.3 is 6.01 Å². The summed E-state index contributed by atoms with van der Waals surface area (Å²) in [5.41, 5.74) is 2.10. The number of aromatic nitrogens is 3. The van der Waals surface area contributed by atoms with Gasteiger partial charge in [0, 0.05) is 44.7 Å². The quantitative estimate of drug-likeness (QED) is 0.480. The number of benzene rings is 1. The molecule has 1 aromatic carbocycles. The number of nitrogens with one attached hydrogen (secondary N) is 1. The highest BCUT2D eigenvalue weighted by atomic mass is 19.1. The lowest BCUT2D eigenvalue weighted by molar-refractivity contribution is 0.0819. The summed E-state index contributed by atoms with van der Waals surface area (Å²) in [6.07, 6.45) is 1.63. The molecule has 9 heteroatoms. The average molecular weight is 493 g/mol. The van der Waals surface area contributed by atoms with Crippen molar-refractivity contribution in [3.63, 3.8) is 0 Å². The van der Waals surface area contributed by atoms with Crippen LogP contribution in [0, 0.1) is 18.7 Å². The number of aryl methyl sites for hydroxylation is 1. The highest BCUT2D eigenvalue weighted by molar-refractivity contribution is 5.91. The average Bonchev–Trinajstić information content (AvgIpc) is 2.85. The Morgan fingerprint density at radius 1 is 1.22 bits per heavy atom. The van der Waals surface area contributed by atoms with Crippen LogP contribution in [0.25, 0.3) is 22.3 Å². The van der Waals surface area contributed by atoms with Crippen LogP contribution in [0.3, 0.4) is 0 Å². The van der Waals surface area contributed by atoms with Gasteiger partial charge in [0.1, 0.15) is 24.0 Å². The number of anilines is 1. The molecule has 2 aliphatic heterocycles. The van der Waals surface area contributed by atoms with Gasteiger partial charge in [-0.1, -0.05) is 18.7 Å². The Balaban J connectivity index is 1.61. The molecule has 2 aromatic heterocycles. The molecule has 0 radical (unpaired) electrons. The summed E-state index contributed by atoms with van der Waals surface area (Å²) in [5, 5.41) is 4.25. The topological polar surface area (TPSA) is 75.6 Å². The third-order valence-corrected chi connectivity index (χ3v) is 6.77. The third kappa shape index (κ3) is 4.85. The zero-order valence-corrected chi connectivity index (χ0v) is 21.1. The molecule has 5 rings (SSSR count). The van der Waals surface area contributed by atoms with E-state index < -0.39 is 5.82 Å². The molecule has 0 saturated carbocycles. The SMILES string of the molecule is C=CCOc1cccc(F)c1-c1nc2nc(OCC3CN(C)C3)nc(N3CCNC[C@H]3C)c2cc1C. The van der Waals surface area contributed by atoms with Crippen molar-refractivity contribution in [2.75, 3.05) is 57.9 Å². The van der Waals surface area contributed by atoms with Gasteiger partial charge in [-0.2, -0.15) is 9.97 Å². The highest BCUT2D eigenvalue weighted by Gasteiger charge is 2.27. The van der Waals surface area contributed by atoms with Gasteiger partial charge in [-0.3, -0.25) is 0 Å². The fourth-order valence-corrected chi connectivity index (χ4v) is 4.94. The first-order valence-corrected chi connectivity index (χ1v) is 12.4. The van der Waals surface area contributed by atoms with Crippen LogP contribution in [0.4, 0.5) is 10.2 Å². The number of hydrogen-bond donors (Lipinski definition) is 1. The van der Waals surface area contributed by atoms with Crippen LogP contribution in [0.2, 0.25) is 0 Å². The molecule has 0 aliphatic carbocycles. The molecule has 4 heterocycles. The number of nitrogens with zero attached hydrogens (tertiary/aromatic N) is 5. The smallest absolute Gasteiger partial charge is 0.320 e. The Morgan fingerprint density at radius 3 is 2.81 bits per heavy atom. The standard InChI is InChI=1S/C27H33FN6O2/c1-5-11-35-22-8-6-7-21(28)23(22)24-17(2)12-20-25(30-24)31-27(36-16-19-14-33(4)15-19)32-26(20)34-10-9-29-13-18(34)3/h5-8,12,18-19,29H,1,9-11,13-16H2,2-4H3/t18-/m1/s1. The first-order valence-electron chi connectivity index (χ1n) is 12.4. The van der Waals surface area contributed by atoms with Gasteiger partial charge in [0.25, 0.3) is 0 Å². The van der Waals surface area contributed by atoms with Crippen molar-refractivity contribution < 1.29 is 13.9 Å². The summed E-state index contributed by atoms with van der Waals surface area (Å²) in [5.74, 6) is 1.27. The fourth-order valence-electron chi connectivity index (χ4n) is 4.94. The van der Waals surface area contributed by atoms with E-state index in [-0.39, 0.29) is 12.6 Å². The fraction of sp³-hybridized carbons (Fsp3) is 0.444. The molecule has 3 aromatic rings. The number of likely N-dealkylation sites (tertiary alicyclic amines) is 1. The lowest BCUT2D eigenvalue weighted by atomic mass is 10.0. The maximum absolute atomic E-state index is 15.1. The number of hydrogen-bond acceptors (Lipinski definition) is 8. The summed E-state index contributed by atoms with van der Waals surface area (Å²) >= 11 is 0. The molecule has 0 amide bonds. The molecule has 1 N–H and O–H groups in total. The van der Waals surface area contributed by atoms with Crippen LogP contribution in [0.5, 0.6) is 11.8 Å². The van der Waals surface area contributed by atoms with E-state index in [1.54, 1.807) is 18.2 Å². The van der Waals surface area contributed by atoms with Crippen molar-refractivity contribution in [1.29, 1.82) is 0 Å². The molecule has 0 unspecified atom stereocenters. The predicted molar refractivity (Wildman–Crippen MR) is 139 cm³/mol. The Labute approximate surface area is 211 Å². The molecule has 0 spiro atoms. The van der Waals surface area contributed by atoms with E-state index in [2.05, 4.69) is 40.7 Å². The molecule has 190 valence electrons. The van der Waals surface area contributed by atoms with Gasteiger partial charge in [-0.25, -0.2) is 9.37 Å². The number of fused-ring (bicyclic) bond motifs is 1. The van der Waals surface area contributed by atoms with E-state index >= 15 is 4.39 Å². The van der Waals surface area contributed by atoms with Gasteiger partial charge in [0.2, 0.25) is 0 Å². The first-order chi connectivity index (χ1) is 17.4. The van der Waals surface area contributed by atoms with Crippen LogP contribution < -0.4 is 19.7 Å². The van der Waals surface area contributed by atoms with E-state index in [0.29, 0.717) is 41.2 Å². The number of rotatable bonds is 8. The maximum atomic E-state index is 15.1. The summed E-state index contributed by atoms with van der Waals surface area (Å²) < 4.78 is 26.9. The maximum Gasteiger partial charge on any atom is 0.320 e. The number of ether oxygens (including phenoxy) is 2. The minimum atomic E-state index is -0.401. The van der Waals surface area contributed by atoms with Crippen LogP contribution in [-0.2, 0) is 0 Å². The minimum absolute atomic E-state index is 0.246. The second kappa shape index (κ2) is 10.4. The molecule has 1 atom stereocenters. The zero-order valence-electron chi connectivity index (χ0n) is 21.1. The van der Waals surface area contributed by atoms with Crippen LogP contribution in [0.15, 0.2) is 36.9 Å². The van der Waals surface area contributed by atoms with Crippen molar-refractivity contribution >= 4 is 16.9 Å². The number of pyridine rings is 1. The second-order valence-electron chi connectivity index (χ2n) is 9.71. The zero-order chi connectivity index (χ0) is 25.2. The van der Waals surface area contributed by atoms with Crippen molar-refractivity contribution in [3.8, 4) is 23.0 Å². The van der Waals surface area contributed by atoms with Gasteiger partial charge < -0.3 is 24.6 Å². The molecular weight excluding hydrogens is 459 g/mol. The summed E-state index contributed by atoms with van der Waals surface area (Å²) in [6, 6.07) is 7.33. The van der Waals surface area contributed by atoms with Gasteiger partial charge in [-0.05, 0) is 44.7 Å². The van der Waals surface area contributed by atoms with Gasteiger partial charge in [-0.15, -0.1) is 0 Å². The van der Waals surface area contributed by atoms with Crippen LogP contribution in [0.1, 0.15) is 12.5 Å². The van der Waals surface area contributed by atoms with E-state index in [4.69, 9.17) is 19.4 Å². The molecule has 2 fully saturated rings. The highest BCUT2D eigenvalue weighted by Crippen LogP contribution is 2.37. The van der Waals surface area contributed by atoms with E-state index in [0.717, 1.165) is 49.5 Å². The van der Waals surface area contributed by atoms with Gasteiger partial charge in [0.05, 0.1) is 23.3 Å². The van der Waals surface area contributed by atoms with Gasteiger partial charge in [0.15, 0.2) is 5.65 Å². The lowest BCUT2D eigenvalue weighted by Crippen LogP contribution is -2.50. The minimum Gasteiger partial charge on any atom is -0.489 e. The summed E-state index contributed by atoms with van der Waals surface area (Å²) in [6.45, 7) is 13.1. The van der Waals surface area contributed by atoms with E-state index in [1.165, 1.54) is 6.07 Å². The van der Waals surface area contributed by atoms with Crippen molar-refractivity contribution in [3.05, 3.63) is 48.3 Å². The van der Waals surface area contributed by atoms with Crippen LogP contribution >= 0.6 is 0 Å². The Hall–Kier alpha value is -3.30. The predicted octanol–water partition coefficient (Wildman–Crippen LogP) is 3.44. The van der Waals surface area contributed by atoms with Crippen molar-refractivity contribution in [2.45, 2.75) is 19.9 Å². The molecule has 8 nitrogen and oxygen atoms in total. The third-order valence-electron chi connectivity index (χ3n) is 6.77. The first kappa shape index (κ1) is 24.4. The van der Waals surface area contributed by atoms with E-state index in [1.807, 2.05) is 13.0 Å². The number of halogens is 1. The Kier molecular flexibility index (Phi) is 7.02. The second-order valence-corrected chi connectivity index (χ2v) is 9.71. The Bertz CT molecular complexity index is 1260. The van der Waals surface area contributed by atoms with E-state index in [9.17, 15) is 0 Å². The summed E-state index contributed by atoms with van der Waals surface area (Å²) in [7, 11) is 2.09. The molecule has 0 bridgehead atoms. The normalized spacial score (nSPS) is 18.8. The van der Waals surface area contributed by atoms with Crippen molar-refractivity contribution in [2.24, 2.45) is 5.92 Å². The van der Waals surface area contributed by atoms with Crippen molar-refractivity contribution in [1.82, 2.24) is 25.2 Å². The largest absolute Gasteiger partial charge is 0.489 e. The number of piperazine rings is 1. The Morgan fingerprint density at radius 2 is 2.06 bits per heavy atom.